The smallest absolute Gasteiger partial charge is 0.0703 e. The first-order valence-corrected chi connectivity index (χ1v) is 7.44. The lowest BCUT2D eigenvalue weighted by molar-refractivity contribution is -0.0680. The normalized spacial score (nSPS) is 27.7. The van der Waals surface area contributed by atoms with Crippen molar-refractivity contribution < 1.29 is 4.74 Å². The van der Waals surface area contributed by atoms with E-state index in [1.807, 2.05) is 0 Å². The predicted octanol–water partition coefficient (Wildman–Crippen LogP) is 4.11. The Hall–Kier alpha value is -1.02. The van der Waals surface area contributed by atoms with Crippen molar-refractivity contribution in [3.8, 4) is 0 Å². The van der Waals surface area contributed by atoms with Crippen LogP contribution < -0.4 is 5.32 Å². The van der Waals surface area contributed by atoms with Gasteiger partial charge in [-0.1, -0.05) is 12.1 Å². The van der Waals surface area contributed by atoms with Gasteiger partial charge in [-0.25, -0.2) is 0 Å². The van der Waals surface area contributed by atoms with E-state index in [0.717, 1.165) is 13.0 Å². The van der Waals surface area contributed by atoms with Crippen molar-refractivity contribution in [1.82, 2.24) is 0 Å². The van der Waals surface area contributed by atoms with Crippen LogP contribution in [0, 0.1) is 0 Å². The van der Waals surface area contributed by atoms with Crippen molar-refractivity contribution in [3.63, 3.8) is 0 Å². The third kappa shape index (κ3) is 2.38. The maximum Gasteiger partial charge on any atom is 0.0703 e. The van der Waals surface area contributed by atoms with Crippen LogP contribution in [0.4, 0.5) is 5.69 Å². The van der Waals surface area contributed by atoms with Crippen LogP contribution >= 0.6 is 0 Å². The largest absolute Gasteiger partial charge is 0.385 e. The van der Waals surface area contributed by atoms with E-state index in [1.54, 1.807) is 0 Å². The molecule has 0 aromatic heterocycles. The second kappa shape index (κ2) is 4.24. The zero-order chi connectivity index (χ0) is 13.7. The Labute approximate surface area is 116 Å². The van der Waals surface area contributed by atoms with Crippen molar-refractivity contribution >= 4 is 5.69 Å². The van der Waals surface area contributed by atoms with E-state index in [-0.39, 0.29) is 11.2 Å². The van der Waals surface area contributed by atoms with Crippen LogP contribution in [0.1, 0.15) is 57.6 Å². The second-order valence-corrected chi connectivity index (χ2v) is 7.17. The molecule has 2 aliphatic rings. The van der Waals surface area contributed by atoms with Crippen LogP contribution in [0.25, 0.3) is 0 Å². The fourth-order valence-electron chi connectivity index (χ4n) is 3.79. The molecule has 2 nitrogen and oxygen atoms in total. The molecule has 104 valence electrons. The van der Waals surface area contributed by atoms with Gasteiger partial charge < -0.3 is 10.1 Å². The molecule has 1 fully saturated rings. The lowest BCUT2D eigenvalue weighted by atomic mass is 9.81. The zero-order valence-corrected chi connectivity index (χ0v) is 12.5. The third-order valence-electron chi connectivity index (χ3n) is 4.54. The van der Waals surface area contributed by atoms with Crippen LogP contribution in [0.3, 0.4) is 0 Å². The molecule has 1 atom stereocenters. The Bertz CT molecular complexity index is 490. The fourth-order valence-corrected chi connectivity index (χ4v) is 3.79. The molecule has 1 unspecified atom stereocenters. The molecule has 0 amide bonds. The molecule has 3 rings (SSSR count). The van der Waals surface area contributed by atoms with Gasteiger partial charge in [-0.15, -0.1) is 0 Å². The number of rotatable bonds is 1. The van der Waals surface area contributed by atoms with Crippen LogP contribution in [0.5, 0.6) is 0 Å². The number of nitrogens with one attached hydrogen (secondary N) is 1. The molecule has 0 bridgehead atoms. The van der Waals surface area contributed by atoms with Crippen LogP contribution in [-0.2, 0) is 11.2 Å². The van der Waals surface area contributed by atoms with Gasteiger partial charge in [-0.2, -0.15) is 0 Å². The van der Waals surface area contributed by atoms with E-state index >= 15 is 0 Å². The standard InChI is InChI=1S/C17H25NO/c1-16(2)11-14(17(3,4)19-16)12-7-8-15-13(10-12)6-5-9-18-15/h7-8,10,14,18H,5-6,9,11H2,1-4H3. The highest BCUT2D eigenvalue weighted by Crippen LogP contribution is 2.48. The first-order chi connectivity index (χ1) is 8.87. The summed E-state index contributed by atoms with van der Waals surface area (Å²) in [6.45, 7) is 9.97. The van der Waals surface area contributed by atoms with Crippen molar-refractivity contribution in [2.75, 3.05) is 11.9 Å². The van der Waals surface area contributed by atoms with E-state index in [2.05, 4.69) is 51.2 Å². The van der Waals surface area contributed by atoms with Gasteiger partial charge >= 0.3 is 0 Å². The van der Waals surface area contributed by atoms with Crippen molar-refractivity contribution in [1.29, 1.82) is 0 Å². The van der Waals surface area contributed by atoms with Gasteiger partial charge in [0.25, 0.3) is 0 Å². The summed E-state index contributed by atoms with van der Waals surface area (Å²) in [4.78, 5) is 0. The van der Waals surface area contributed by atoms with Gasteiger partial charge in [0.05, 0.1) is 11.2 Å². The molecule has 0 radical (unpaired) electrons. The third-order valence-corrected chi connectivity index (χ3v) is 4.54. The van der Waals surface area contributed by atoms with Gasteiger partial charge in [0.2, 0.25) is 0 Å². The summed E-state index contributed by atoms with van der Waals surface area (Å²) in [6.07, 6.45) is 3.55. The number of anilines is 1. The molecule has 2 heteroatoms. The molecule has 0 saturated carbocycles. The summed E-state index contributed by atoms with van der Waals surface area (Å²) in [7, 11) is 0. The quantitative estimate of drug-likeness (QED) is 0.819. The number of benzene rings is 1. The second-order valence-electron chi connectivity index (χ2n) is 7.17. The van der Waals surface area contributed by atoms with Crippen LogP contribution in [0.2, 0.25) is 0 Å². The highest BCUT2D eigenvalue weighted by molar-refractivity contribution is 5.55. The first-order valence-electron chi connectivity index (χ1n) is 7.44. The monoisotopic (exact) mass is 259 g/mol. The van der Waals surface area contributed by atoms with Gasteiger partial charge in [-0.05, 0) is 64.2 Å². The summed E-state index contributed by atoms with van der Waals surface area (Å²) in [5.74, 6) is 0.495. The van der Waals surface area contributed by atoms with Crippen molar-refractivity contribution in [2.24, 2.45) is 0 Å². The summed E-state index contributed by atoms with van der Waals surface area (Å²) in [5.41, 5.74) is 4.16. The van der Waals surface area contributed by atoms with Crippen LogP contribution in [-0.4, -0.2) is 17.7 Å². The van der Waals surface area contributed by atoms with E-state index in [1.165, 1.54) is 29.7 Å². The predicted molar refractivity (Wildman–Crippen MR) is 79.9 cm³/mol. The fraction of sp³-hybridized carbons (Fsp3) is 0.647. The number of aryl methyl sites for hydroxylation is 1. The Balaban J connectivity index is 1.94. The number of ether oxygens (including phenoxy) is 1. The maximum absolute atomic E-state index is 6.23. The highest BCUT2D eigenvalue weighted by atomic mass is 16.5. The number of hydrogen-bond acceptors (Lipinski definition) is 2. The number of fused-ring (bicyclic) bond motifs is 1. The van der Waals surface area contributed by atoms with Gasteiger partial charge in [-0.3, -0.25) is 0 Å². The average Bonchev–Trinajstić information content (AvgIpc) is 2.57. The van der Waals surface area contributed by atoms with Gasteiger partial charge in [0, 0.05) is 18.2 Å². The van der Waals surface area contributed by atoms with E-state index in [9.17, 15) is 0 Å². The molecule has 2 aliphatic heterocycles. The molecule has 19 heavy (non-hydrogen) atoms. The van der Waals surface area contributed by atoms with Gasteiger partial charge in [0.15, 0.2) is 0 Å². The molecule has 0 aliphatic carbocycles. The molecular weight excluding hydrogens is 234 g/mol. The number of hydrogen-bond donors (Lipinski definition) is 1. The minimum absolute atomic E-state index is 0.0116. The molecular formula is C17H25NO. The molecule has 2 heterocycles. The van der Waals surface area contributed by atoms with Crippen molar-refractivity contribution in [2.45, 2.75) is 64.1 Å². The van der Waals surface area contributed by atoms with E-state index in [4.69, 9.17) is 4.74 Å². The lowest BCUT2D eigenvalue weighted by Gasteiger charge is -2.28. The minimum Gasteiger partial charge on any atom is -0.385 e. The minimum atomic E-state index is -0.0696. The summed E-state index contributed by atoms with van der Waals surface area (Å²) in [5, 5.41) is 3.49. The SMILES string of the molecule is CC1(C)CC(c2ccc3c(c2)CCCN3)C(C)(C)O1. The molecule has 1 aromatic rings. The zero-order valence-electron chi connectivity index (χ0n) is 12.5. The Morgan fingerprint density at radius 1 is 1.21 bits per heavy atom. The summed E-state index contributed by atoms with van der Waals surface area (Å²) < 4.78 is 6.23. The van der Waals surface area contributed by atoms with Crippen LogP contribution in [0.15, 0.2) is 18.2 Å². The molecule has 1 saturated heterocycles. The van der Waals surface area contributed by atoms with Gasteiger partial charge in [0.1, 0.15) is 0 Å². The Morgan fingerprint density at radius 3 is 2.68 bits per heavy atom. The van der Waals surface area contributed by atoms with Crippen molar-refractivity contribution in [3.05, 3.63) is 29.3 Å². The average molecular weight is 259 g/mol. The lowest BCUT2D eigenvalue weighted by Crippen LogP contribution is -2.28. The molecule has 0 spiro atoms. The maximum atomic E-state index is 6.23. The molecule has 1 aromatic carbocycles. The first kappa shape index (κ1) is 13.0. The van der Waals surface area contributed by atoms with E-state index < -0.39 is 0 Å². The summed E-state index contributed by atoms with van der Waals surface area (Å²) in [6, 6.07) is 6.94. The molecule has 1 N–H and O–H groups in total. The van der Waals surface area contributed by atoms with E-state index in [0.29, 0.717) is 5.92 Å². The summed E-state index contributed by atoms with van der Waals surface area (Å²) >= 11 is 0. The Morgan fingerprint density at radius 2 is 2.00 bits per heavy atom. The topological polar surface area (TPSA) is 21.3 Å². The Kier molecular flexibility index (Phi) is 2.90. The highest BCUT2D eigenvalue weighted by Gasteiger charge is 2.46.